The first kappa shape index (κ1) is 14.2. The first-order valence-electron chi connectivity index (χ1n) is 5.31. The van der Waals surface area contributed by atoms with E-state index in [1.807, 2.05) is 7.05 Å². The summed E-state index contributed by atoms with van der Waals surface area (Å²) in [6.07, 6.45) is 2.16. The maximum Gasteiger partial charge on any atom is 0.0331 e. The van der Waals surface area contributed by atoms with Gasteiger partial charge in [0, 0.05) is 14.1 Å². The third kappa shape index (κ3) is 4.18. The van der Waals surface area contributed by atoms with Gasteiger partial charge in [-0.05, 0) is 73.2 Å². The zero-order valence-electron chi connectivity index (χ0n) is 9.69. The Hall–Kier alpha value is 0.130. The average Bonchev–Trinajstić information content (AvgIpc) is 2.23. The van der Waals surface area contributed by atoms with E-state index in [-0.39, 0.29) is 0 Å². The highest BCUT2D eigenvalue weighted by atomic mass is 127. The van der Waals surface area contributed by atoms with Crippen LogP contribution < -0.4 is 5.32 Å². The van der Waals surface area contributed by atoms with Crippen molar-refractivity contribution in [1.29, 1.82) is 0 Å². The Bertz CT molecular complexity index is 376. The Balaban J connectivity index is 2.85. The second kappa shape index (κ2) is 6.77. The average molecular weight is 394 g/mol. The van der Waals surface area contributed by atoms with Crippen molar-refractivity contribution >= 4 is 38.5 Å². The van der Waals surface area contributed by atoms with Gasteiger partial charge in [0.15, 0.2) is 0 Å². The van der Waals surface area contributed by atoms with Gasteiger partial charge in [-0.2, -0.15) is 0 Å². The monoisotopic (exact) mass is 393 g/mol. The molecule has 0 radical (unpaired) electrons. The molecule has 0 aliphatic rings. The van der Waals surface area contributed by atoms with Crippen molar-refractivity contribution in [3.05, 3.63) is 44.0 Å². The Labute approximate surface area is 120 Å². The van der Waals surface area contributed by atoms with Crippen LogP contribution in [0.4, 0.5) is 0 Å². The minimum atomic E-state index is 0.404. The largest absolute Gasteiger partial charge is 0.313 e. The van der Waals surface area contributed by atoms with E-state index >= 15 is 0 Å². The normalized spacial score (nSPS) is 12.5. The molecule has 88 valence electrons. The van der Waals surface area contributed by atoms with Crippen LogP contribution in [0.2, 0.25) is 0 Å². The van der Waals surface area contributed by atoms with Crippen LogP contribution in [-0.4, -0.2) is 7.05 Å². The fraction of sp³-hybridized carbons (Fsp3) is 0.385. The van der Waals surface area contributed by atoms with Crippen LogP contribution in [-0.2, 0) is 0 Å². The lowest BCUT2D eigenvalue weighted by atomic mass is 10.0. The van der Waals surface area contributed by atoms with E-state index in [1.165, 1.54) is 14.7 Å². The van der Waals surface area contributed by atoms with Crippen molar-refractivity contribution in [1.82, 2.24) is 5.32 Å². The number of nitrogens with one attached hydrogen (secondary N) is 1. The molecule has 1 atom stereocenters. The molecule has 1 aromatic rings. The zero-order valence-corrected chi connectivity index (χ0v) is 13.4. The van der Waals surface area contributed by atoms with Gasteiger partial charge in [-0.25, -0.2) is 0 Å². The maximum absolute atomic E-state index is 3.96. The van der Waals surface area contributed by atoms with E-state index in [4.69, 9.17) is 0 Å². The molecule has 1 nitrogen and oxygen atoms in total. The van der Waals surface area contributed by atoms with Crippen molar-refractivity contribution in [3.8, 4) is 0 Å². The van der Waals surface area contributed by atoms with Crippen molar-refractivity contribution < 1.29 is 0 Å². The van der Waals surface area contributed by atoms with E-state index in [9.17, 15) is 0 Å². The summed E-state index contributed by atoms with van der Waals surface area (Å²) in [5, 5.41) is 3.38. The van der Waals surface area contributed by atoms with Crippen molar-refractivity contribution in [3.63, 3.8) is 0 Å². The molecule has 0 aliphatic carbocycles. The predicted molar refractivity (Wildman–Crippen MR) is 82.7 cm³/mol. The molecule has 1 aromatic carbocycles. The first-order chi connectivity index (χ1) is 7.54. The number of benzene rings is 1. The van der Waals surface area contributed by atoms with Crippen molar-refractivity contribution in [2.24, 2.45) is 0 Å². The molecule has 0 saturated heterocycles. The van der Waals surface area contributed by atoms with Gasteiger partial charge in [-0.3, -0.25) is 0 Å². The summed E-state index contributed by atoms with van der Waals surface area (Å²) in [5.74, 6) is 0. The summed E-state index contributed by atoms with van der Waals surface area (Å²) in [4.78, 5) is 0. The summed E-state index contributed by atoms with van der Waals surface area (Å²) in [7, 11) is 2.01. The molecule has 16 heavy (non-hydrogen) atoms. The minimum absolute atomic E-state index is 0.404. The summed E-state index contributed by atoms with van der Waals surface area (Å²) >= 11 is 5.91. The van der Waals surface area contributed by atoms with Crippen LogP contribution in [0, 0.1) is 3.57 Å². The molecule has 0 bridgehead atoms. The van der Waals surface area contributed by atoms with Crippen LogP contribution in [0.5, 0.6) is 0 Å². The molecule has 1 unspecified atom stereocenters. The van der Waals surface area contributed by atoms with Crippen LogP contribution >= 0.6 is 38.5 Å². The molecule has 0 aliphatic heterocycles. The Kier molecular flexibility index (Phi) is 6.00. The minimum Gasteiger partial charge on any atom is -0.313 e. The van der Waals surface area contributed by atoms with Gasteiger partial charge >= 0.3 is 0 Å². The fourth-order valence-corrected chi connectivity index (χ4v) is 2.72. The van der Waals surface area contributed by atoms with E-state index in [0.29, 0.717) is 6.04 Å². The molecule has 0 saturated carbocycles. The highest BCUT2D eigenvalue weighted by molar-refractivity contribution is 14.1. The predicted octanol–water partition coefficient (Wildman–Crippen LogP) is 4.67. The maximum atomic E-state index is 3.96. The summed E-state index contributed by atoms with van der Waals surface area (Å²) in [6.45, 7) is 6.04. The first-order valence-corrected chi connectivity index (χ1v) is 7.18. The van der Waals surface area contributed by atoms with Crippen molar-refractivity contribution in [2.45, 2.75) is 25.8 Å². The van der Waals surface area contributed by atoms with Crippen LogP contribution in [0.25, 0.3) is 0 Å². The van der Waals surface area contributed by atoms with Crippen LogP contribution in [0.1, 0.15) is 31.4 Å². The van der Waals surface area contributed by atoms with E-state index < -0.39 is 0 Å². The molecule has 0 aromatic heterocycles. The number of allylic oxidation sites excluding steroid dienone is 1. The Morgan fingerprint density at radius 2 is 2.25 bits per heavy atom. The zero-order chi connectivity index (χ0) is 12.1. The number of hydrogen-bond acceptors (Lipinski definition) is 1. The molecular weight excluding hydrogens is 377 g/mol. The lowest BCUT2D eigenvalue weighted by Gasteiger charge is -2.18. The second-order valence-corrected chi connectivity index (χ2v) is 6.08. The topological polar surface area (TPSA) is 12.0 Å². The number of hydrogen-bond donors (Lipinski definition) is 1. The summed E-state index contributed by atoms with van der Waals surface area (Å²) in [6, 6.07) is 6.82. The highest BCUT2D eigenvalue weighted by Gasteiger charge is 2.12. The van der Waals surface area contributed by atoms with Gasteiger partial charge in [0.05, 0.1) is 0 Å². The molecule has 0 spiro atoms. The third-order valence-corrected chi connectivity index (χ3v) is 4.02. The van der Waals surface area contributed by atoms with Crippen LogP contribution in [0.15, 0.2) is 34.8 Å². The SMILES string of the molecule is C=C(C)CCC(NC)c1cc(Br)ccc1I. The fourth-order valence-electron chi connectivity index (χ4n) is 1.63. The number of halogens is 2. The standard InChI is InChI=1S/C13H17BrIN/c1-9(2)4-7-13(16-3)11-8-10(14)5-6-12(11)15/h5-6,8,13,16H,1,4,7H2,2-3H3. The molecule has 3 heteroatoms. The highest BCUT2D eigenvalue weighted by Crippen LogP contribution is 2.27. The summed E-state index contributed by atoms with van der Waals surface area (Å²) in [5.41, 5.74) is 2.60. The molecule has 0 fully saturated rings. The van der Waals surface area contributed by atoms with E-state index in [2.05, 4.69) is 75.5 Å². The van der Waals surface area contributed by atoms with Gasteiger partial charge in [0.1, 0.15) is 0 Å². The van der Waals surface area contributed by atoms with Crippen LogP contribution in [0.3, 0.4) is 0 Å². The van der Waals surface area contributed by atoms with Gasteiger partial charge < -0.3 is 5.32 Å². The van der Waals surface area contributed by atoms with Gasteiger partial charge in [-0.15, -0.1) is 6.58 Å². The smallest absolute Gasteiger partial charge is 0.0331 e. The Morgan fingerprint density at radius 3 is 2.81 bits per heavy atom. The Morgan fingerprint density at radius 1 is 1.56 bits per heavy atom. The lowest BCUT2D eigenvalue weighted by Crippen LogP contribution is -2.17. The second-order valence-electron chi connectivity index (χ2n) is 4.00. The molecule has 1 N–H and O–H groups in total. The molecule has 0 amide bonds. The molecule has 0 heterocycles. The molecular formula is C13H17BrIN. The van der Waals surface area contributed by atoms with E-state index in [0.717, 1.165) is 17.3 Å². The van der Waals surface area contributed by atoms with Gasteiger partial charge in [-0.1, -0.05) is 21.5 Å². The third-order valence-electron chi connectivity index (χ3n) is 2.54. The van der Waals surface area contributed by atoms with Crippen molar-refractivity contribution in [2.75, 3.05) is 7.05 Å². The van der Waals surface area contributed by atoms with Gasteiger partial charge in [0.25, 0.3) is 0 Å². The number of rotatable bonds is 5. The van der Waals surface area contributed by atoms with E-state index in [1.54, 1.807) is 0 Å². The quantitative estimate of drug-likeness (QED) is 0.566. The lowest BCUT2D eigenvalue weighted by molar-refractivity contribution is 0.546. The summed E-state index contributed by atoms with van der Waals surface area (Å²) < 4.78 is 2.44. The van der Waals surface area contributed by atoms with Gasteiger partial charge in [0.2, 0.25) is 0 Å². The molecule has 1 rings (SSSR count).